The van der Waals surface area contributed by atoms with E-state index in [-0.39, 0.29) is 12.1 Å². The van der Waals surface area contributed by atoms with Gasteiger partial charge in [0.1, 0.15) is 0 Å². The van der Waals surface area contributed by atoms with Crippen molar-refractivity contribution in [2.45, 2.75) is 65.3 Å². The van der Waals surface area contributed by atoms with Gasteiger partial charge >= 0.3 is 6.03 Å². The summed E-state index contributed by atoms with van der Waals surface area (Å²) < 4.78 is 0. The number of hydrogen-bond donors (Lipinski definition) is 2. The third-order valence-corrected chi connectivity index (χ3v) is 5.30. The molecule has 0 aliphatic carbocycles. The Balaban J connectivity index is 2.13. The lowest BCUT2D eigenvalue weighted by atomic mass is 9.97. The molecule has 1 aliphatic heterocycles. The second kappa shape index (κ2) is 12.6. The van der Waals surface area contributed by atoms with Crippen molar-refractivity contribution in [3.8, 4) is 0 Å². The van der Waals surface area contributed by atoms with Gasteiger partial charge in [-0.15, -0.1) is 0 Å². The highest BCUT2D eigenvalue weighted by atomic mass is 16.2. The summed E-state index contributed by atoms with van der Waals surface area (Å²) >= 11 is 0. The van der Waals surface area contributed by atoms with E-state index in [1.54, 1.807) is 0 Å². The van der Waals surface area contributed by atoms with E-state index in [2.05, 4.69) is 52.8 Å². The first kappa shape index (κ1) is 22.5. The Kier molecular flexibility index (Phi) is 10.1. The molecule has 28 heavy (non-hydrogen) atoms. The van der Waals surface area contributed by atoms with Crippen molar-refractivity contribution in [2.24, 2.45) is 5.92 Å². The van der Waals surface area contributed by atoms with Gasteiger partial charge in [0.05, 0.1) is 0 Å². The lowest BCUT2D eigenvalue weighted by Gasteiger charge is -2.31. The summed E-state index contributed by atoms with van der Waals surface area (Å²) in [4.78, 5) is 15.0. The molecule has 2 amide bonds. The van der Waals surface area contributed by atoms with Crippen molar-refractivity contribution in [1.29, 1.82) is 0 Å². The Morgan fingerprint density at radius 3 is 2.57 bits per heavy atom. The number of carbonyl (C=O) groups is 1. The molecule has 4 heteroatoms. The number of nitrogens with zero attached hydrogens (tertiary/aromatic N) is 1. The minimum Gasteiger partial charge on any atom is -0.336 e. The van der Waals surface area contributed by atoms with Crippen LogP contribution < -0.4 is 10.6 Å². The Morgan fingerprint density at radius 2 is 1.93 bits per heavy atom. The maximum Gasteiger partial charge on any atom is 0.317 e. The molecule has 1 aromatic rings. The Hall–Kier alpha value is -1.81. The predicted molar refractivity (Wildman–Crippen MR) is 119 cm³/mol. The zero-order valence-corrected chi connectivity index (χ0v) is 18.0. The first-order valence-corrected chi connectivity index (χ1v) is 11.1. The Morgan fingerprint density at radius 1 is 1.21 bits per heavy atom. The molecule has 1 heterocycles. The average molecular weight is 386 g/mol. The number of carbonyl (C=O) groups excluding carboxylic acids is 1. The summed E-state index contributed by atoms with van der Waals surface area (Å²) in [6.07, 6.45) is 9.28. The van der Waals surface area contributed by atoms with E-state index in [1.165, 1.54) is 30.4 Å². The summed E-state index contributed by atoms with van der Waals surface area (Å²) in [6, 6.07) is 10.7. The van der Waals surface area contributed by atoms with Gasteiger partial charge in [0.25, 0.3) is 0 Å². The molecule has 0 atom stereocenters. The molecule has 0 saturated carbocycles. The third kappa shape index (κ3) is 8.47. The molecule has 4 nitrogen and oxygen atoms in total. The van der Waals surface area contributed by atoms with Crippen LogP contribution in [0.4, 0.5) is 4.79 Å². The maximum absolute atomic E-state index is 12.9. The molecule has 156 valence electrons. The number of hydrogen-bond acceptors (Lipinski definition) is 2. The van der Waals surface area contributed by atoms with Gasteiger partial charge in [-0.05, 0) is 64.1 Å². The van der Waals surface area contributed by atoms with Crippen molar-refractivity contribution in [3.63, 3.8) is 0 Å². The van der Waals surface area contributed by atoms with Gasteiger partial charge in [0.2, 0.25) is 0 Å². The molecule has 1 saturated heterocycles. The van der Waals surface area contributed by atoms with Crippen LogP contribution in [0.5, 0.6) is 0 Å². The fourth-order valence-electron chi connectivity index (χ4n) is 3.76. The highest BCUT2D eigenvalue weighted by Crippen LogP contribution is 2.19. The Labute approximate surface area is 171 Å². The summed E-state index contributed by atoms with van der Waals surface area (Å²) in [5.74, 6) is 0.591. The summed E-state index contributed by atoms with van der Waals surface area (Å²) in [6.45, 7) is 9.99. The number of amides is 2. The van der Waals surface area contributed by atoms with Crippen LogP contribution in [0.25, 0.3) is 6.08 Å². The van der Waals surface area contributed by atoms with E-state index >= 15 is 0 Å². The normalized spacial score (nSPS) is 15.6. The quantitative estimate of drug-likeness (QED) is 0.552. The van der Waals surface area contributed by atoms with Gasteiger partial charge in [-0.25, -0.2) is 4.79 Å². The SMILES string of the molecule is CCCCC/C(=C\c1ccccc1)CN(CC1CCNCC1)C(=O)NC(C)C. The van der Waals surface area contributed by atoms with Crippen LogP contribution in [0, 0.1) is 5.92 Å². The first-order valence-electron chi connectivity index (χ1n) is 11.1. The standard InChI is InChI=1S/C24H39N3O/c1-4-5-7-12-23(17-21-10-8-6-9-11-21)19-27(24(28)26-20(2)3)18-22-13-15-25-16-14-22/h6,8-11,17,20,22,25H,4-5,7,12-16,18-19H2,1-3H3,(H,26,28)/b23-17+. The van der Waals surface area contributed by atoms with Crippen LogP contribution in [0.3, 0.4) is 0 Å². The lowest BCUT2D eigenvalue weighted by molar-refractivity contribution is 0.182. The molecule has 0 spiro atoms. The topological polar surface area (TPSA) is 44.4 Å². The van der Waals surface area contributed by atoms with Crippen LogP contribution >= 0.6 is 0 Å². The van der Waals surface area contributed by atoms with Crippen molar-refractivity contribution in [2.75, 3.05) is 26.2 Å². The molecular weight excluding hydrogens is 346 g/mol. The maximum atomic E-state index is 12.9. The summed E-state index contributed by atoms with van der Waals surface area (Å²) in [7, 11) is 0. The van der Waals surface area contributed by atoms with Gasteiger partial charge in [0.15, 0.2) is 0 Å². The van der Waals surface area contributed by atoms with Crippen molar-refractivity contribution < 1.29 is 4.79 Å². The smallest absolute Gasteiger partial charge is 0.317 e. The fraction of sp³-hybridized carbons (Fsp3) is 0.625. The van der Waals surface area contributed by atoms with E-state index in [1.807, 2.05) is 19.9 Å². The molecule has 0 unspecified atom stereocenters. The van der Waals surface area contributed by atoms with Crippen LogP contribution in [-0.4, -0.2) is 43.2 Å². The third-order valence-electron chi connectivity index (χ3n) is 5.30. The van der Waals surface area contributed by atoms with Gasteiger partial charge in [0, 0.05) is 19.1 Å². The molecule has 2 rings (SSSR count). The molecule has 0 aromatic heterocycles. The van der Waals surface area contributed by atoms with Gasteiger partial charge in [-0.2, -0.15) is 0 Å². The van der Waals surface area contributed by atoms with Gasteiger partial charge in [-0.1, -0.05) is 61.7 Å². The molecule has 2 N–H and O–H groups in total. The minimum absolute atomic E-state index is 0.0722. The van der Waals surface area contributed by atoms with Gasteiger partial charge < -0.3 is 15.5 Å². The second-order valence-electron chi connectivity index (χ2n) is 8.35. The Bertz CT molecular complexity index is 591. The molecular formula is C24H39N3O. The molecule has 1 aliphatic rings. The van der Waals surface area contributed by atoms with Crippen LogP contribution in [0.15, 0.2) is 35.9 Å². The molecule has 0 bridgehead atoms. The first-order chi connectivity index (χ1) is 13.6. The number of unbranched alkanes of at least 4 members (excludes halogenated alkanes) is 2. The van der Waals surface area contributed by atoms with Crippen LogP contribution in [0.2, 0.25) is 0 Å². The number of benzene rings is 1. The molecule has 0 radical (unpaired) electrons. The lowest BCUT2D eigenvalue weighted by Crippen LogP contribution is -2.47. The average Bonchev–Trinajstić information content (AvgIpc) is 2.68. The van der Waals surface area contributed by atoms with E-state index in [0.29, 0.717) is 5.92 Å². The molecule has 1 fully saturated rings. The van der Waals surface area contributed by atoms with Crippen molar-refractivity contribution >= 4 is 12.1 Å². The van der Waals surface area contributed by atoms with E-state index in [0.717, 1.165) is 45.4 Å². The highest BCUT2D eigenvalue weighted by Gasteiger charge is 2.22. The fourth-order valence-corrected chi connectivity index (χ4v) is 3.76. The predicted octanol–water partition coefficient (Wildman–Crippen LogP) is 5.07. The number of urea groups is 1. The van der Waals surface area contributed by atoms with Gasteiger partial charge in [-0.3, -0.25) is 0 Å². The highest BCUT2D eigenvalue weighted by molar-refractivity contribution is 5.75. The van der Waals surface area contributed by atoms with E-state index in [9.17, 15) is 4.79 Å². The van der Waals surface area contributed by atoms with E-state index < -0.39 is 0 Å². The second-order valence-corrected chi connectivity index (χ2v) is 8.35. The van der Waals surface area contributed by atoms with Crippen LogP contribution in [-0.2, 0) is 0 Å². The zero-order chi connectivity index (χ0) is 20.2. The minimum atomic E-state index is 0.0722. The monoisotopic (exact) mass is 385 g/mol. The number of piperidine rings is 1. The van der Waals surface area contributed by atoms with Crippen molar-refractivity contribution in [1.82, 2.24) is 15.5 Å². The summed E-state index contributed by atoms with van der Waals surface area (Å²) in [5.41, 5.74) is 2.58. The number of rotatable bonds is 10. The zero-order valence-electron chi connectivity index (χ0n) is 18.0. The van der Waals surface area contributed by atoms with E-state index in [4.69, 9.17) is 0 Å². The van der Waals surface area contributed by atoms with Crippen LogP contribution in [0.1, 0.15) is 64.9 Å². The van der Waals surface area contributed by atoms with Crippen molar-refractivity contribution in [3.05, 3.63) is 41.5 Å². The molecule has 1 aromatic carbocycles. The number of nitrogens with one attached hydrogen (secondary N) is 2. The summed E-state index contributed by atoms with van der Waals surface area (Å²) in [5, 5.41) is 6.54. The largest absolute Gasteiger partial charge is 0.336 e.